The molecule has 5 heteroatoms. The first-order valence-electron chi connectivity index (χ1n) is 5.84. The fourth-order valence-corrected chi connectivity index (χ4v) is 1.99. The number of aryl methyl sites for hydroxylation is 2. The van der Waals surface area contributed by atoms with Gasteiger partial charge >= 0.3 is 0 Å². The number of benzene rings is 1. The molecular weight excluding hydrogens is 242 g/mol. The standard InChI is InChI=1S/C14H11N3O2/c1-8-5-12(17-14(7-18)15-8)10-3-4-11-13(6-10)19-9(2)16-11/h3-7H,1-2H3. The lowest BCUT2D eigenvalue weighted by Crippen LogP contribution is -1.97. The third kappa shape index (κ3) is 2.10. The Labute approximate surface area is 109 Å². The number of aromatic nitrogens is 3. The van der Waals surface area contributed by atoms with Crippen molar-refractivity contribution in [1.82, 2.24) is 15.0 Å². The molecule has 0 saturated carbocycles. The third-order valence-electron chi connectivity index (χ3n) is 2.77. The van der Waals surface area contributed by atoms with Gasteiger partial charge in [-0.15, -0.1) is 0 Å². The molecule has 5 nitrogen and oxygen atoms in total. The van der Waals surface area contributed by atoms with Gasteiger partial charge in [0.25, 0.3) is 0 Å². The number of hydrogen-bond acceptors (Lipinski definition) is 5. The fraction of sp³-hybridized carbons (Fsp3) is 0.143. The third-order valence-corrected chi connectivity index (χ3v) is 2.77. The minimum atomic E-state index is 0.184. The summed E-state index contributed by atoms with van der Waals surface area (Å²) in [4.78, 5) is 23.3. The fourth-order valence-electron chi connectivity index (χ4n) is 1.99. The molecule has 0 fully saturated rings. The molecule has 94 valence electrons. The summed E-state index contributed by atoms with van der Waals surface area (Å²) < 4.78 is 5.49. The average molecular weight is 253 g/mol. The van der Waals surface area contributed by atoms with Gasteiger partial charge in [-0.3, -0.25) is 4.79 Å². The topological polar surface area (TPSA) is 68.9 Å². The van der Waals surface area contributed by atoms with Crippen LogP contribution in [0.15, 0.2) is 28.7 Å². The number of nitrogens with zero attached hydrogens (tertiary/aromatic N) is 3. The van der Waals surface area contributed by atoms with Crippen LogP contribution in [0.2, 0.25) is 0 Å². The molecule has 0 aliphatic rings. The van der Waals surface area contributed by atoms with Gasteiger partial charge in [0, 0.05) is 18.2 Å². The van der Waals surface area contributed by atoms with Crippen molar-refractivity contribution in [3.8, 4) is 11.3 Å². The molecule has 3 aromatic rings. The summed E-state index contributed by atoms with van der Waals surface area (Å²) in [6.45, 7) is 3.63. The van der Waals surface area contributed by atoms with E-state index in [-0.39, 0.29) is 5.82 Å². The summed E-state index contributed by atoms with van der Waals surface area (Å²) in [6.07, 6.45) is 0.646. The van der Waals surface area contributed by atoms with Crippen molar-refractivity contribution >= 4 is 17.4 Å². The maximum Gasteiger partial charge on any atom is 0.193 e. The van der Waals surface area contributed by atoms with E-state index in [0.717, 1.165) is 16.8 Å². The lowest BCUT2D eigenvalue weighted by atomic mass is 10.1. The molecule has 0 bridgehead atoms. The SMILES string of the molecule is Cc1cc(-c2ccc3nc(C)oc3c2)nc(C=O)n1. The predicted molar refractivity (Wildman–Crippen MR) is 69.9 cm³/mol. The molecule has 0 unspecified atom stereocenters. The number of rotatable bonds is 2. The molecule has 0 aliphatic heterocycles. The Morgan fingerprint density at radius 2 is 1.95 bits per heavy atom. The zero-order chi connectivity index (χ0) is 13.4. The molecule has 0 radical (unpaired) electrons. The number of fused-ring (bicyclic) bond motifs is 1. The first-order valence-corrected chi connectivity index (χ1v) is 5.84. The quantitative estimate of drug-likeness (QED) is 0.657. The predicted octanol–water partition coefficient (Wildman–Crippen LogP) is 2.71. The van der Waals surface area contributed by atoms with E-state index in [1.165, 1.54) is 0 Å². The minimum Gasteiger partial charge on any atom is -0.441 e. The molecule has 19 heavy (non-hydrogen) atoms. The molecule has 0 N–H and O–H groups in total. The average Bonchev–Trinajstić information content (AvgIpc) is 2.76. The largest absolute Gasteiger partial charge is 0.441 e. The highest BCUT2D eigenvalue weighted by Crippen LogP contribution is 2.23. The van der Waals surface area contributed by atoms with Gasteiger partial charge in [0.15, 0.2) is 23.6 Å². The van der Waals surface area contributed by atoms with E-state index in [4.69, 9.17) is 4.42 Å². The van der Waals surface area contributed by atoms with Gasteiger partial charge in [-0.2, -0.15) is 0 Å². The van der Waals surface area contributed by atoms with Gasteiger partial charge in [-0.1, -0.05) is 6.07 Å². The number of aldehydes is 1. The Morgan fingerprint density at radius 3 is 2.74 bits per heavy atom. The van der Waals surface area contributed by atoms with Gasteiger partial charge in [-0.25, -0.2) is 15.0 Å². The second-order valence-electron chi connectivity index (χ2n) is 4.29. The normalized spacial score (nSPS) is 10.8. The highest BCUT2D eigenvalue weighted by atomic mass is 16.3. The number of carbonyl (C=O) groups is 1. The number of hydrogen-bond donors (Lipinski definition) is 0. The second kappa shape index (κ2) is 4.28. The van der Waals surface area contributed by atoms with Crippen molar-refractivity contribution in [2.75, 3.05) is 0 Å². The van der Waals surface area contributed by atoms with Gasteiger partial charge in [0.1, 0.15) is 5.52 Å². The van der Waals surface area contributed by atoms with Gasteiger partial charge in [0.05, 0.1) is 5.69 Å². The van der Waals surface area contributed by atoms with Crippen LogP contribution in [-0.4, -0.2) is 21.2 Å². The summed E-state index contributed by atoms with van der Waals surface area (Å²) in [5.74, 6) is 0.809. The molecule has 1 aromatic carbocycles. The van der Waals surface area contributed by atoms with Crippen molar-refractivity contribution < 1.29 is 9.21 Å². The molecule has 2 aromatic heterocycles. The van der Waals surface area contributed by atoms with E-state index in [2.05, 4.69) is 15.0 Å². The summed E-state index contributed by atoms with van der Waals surface area (Å²) in [6, 6.07) is 7.48. The summed E-state index contributed by atoms with van der Waals surface area (Å²) in [7, 11) is 0. The van der Waals surface area contributed by atoms with E-state index in [1.807, 2.05) is 31.2 Å². The van der Waals surface area contributed by atoms with E-state index in [1.54, 1.807) is 6.92 Å². The monoisotopic (exact) mass is 253 g/mol. The molecule has 0 spiro atoms. The number of carbonyl (C=O) groups excluding carboxylic acids is 1. The van der Waals surface area contributed by atoms with Crippen LogP contribution in [-0.2, 0) is 0 Å². The van der Waals surface area contributed by atoms with Crippen molar-refractivity contribution in [2.24, 2.45) is 0 Å². The van der Waals surface area contributed by atoms with Crippen LogP contribution in [0.4, 0.5) is 0 Å². The molecule has 0 amide bonds. The van der Waals surface area contributed by atoms with Crippen molar-refractivity contribution in [1.29, 1.82) is 0 Å². The maximum absolute atomic E-state index is 10.8. The summed E-state index contributed by atoms with van der Waals surface area (Å²) in [5.41, 5.74) is 3.84. The van der Waals surface area contributed by atoms with Crippen LogP contribution < -0.4 is 0 Å². The van der Waals surface area contributed by atoms with Crippen LogP contribution in [0.1, 0.15) is 22.2 Å². The highest BCUT2D eigenvalue weighted by Gasteiger charge is 2.08. The summed E-state index contributed by atoms with van der Waals surface area (Å²) in [5, 5.41) is 0. The van der Waals surface area contributed by atoms with Crippen LogP contribution in [0.5, 0.6) is 0 Å². The molecule has 0 aliphatic carbocycles. The Kier molecular flexibility index (Phi) is 2.59. The Balaban J connectivity index is 2.17. The summed E-state index contributed by atoms with van der Waals surface area (Å²) >= 11 is 0. The number of oxazole rings is 1. The van der Waals surface area contributed by atoms with E-state index in [0.29, 0.717) is 23.5 Å². The highest BCUT2D eigenvalue weighted by molar-refractivity contribution is 5.80. The minimum absolute atomic E-state index is 0.184. The smallest absolute Gasteiger partial charge is 0.193 e. The maximum atomic E-state index is 10.8. The Hall–Kier alpha value is -2.56. The molecule has 2 heterocycles. The molecular formula is C14H11N3O2. The Morgan fingerprint density at radius 1 is 1.11 bits per heavy atom. The Bertz CT molecular complexity index is 777. The van der Waals surface area contributed by atoms with Crippen molar-refractivity contribution in [3.63, 3.8) is 0 Å². The zero-order valence-corrected chi connectivity index (χ0v) is 10.5. The molecule has 0 saturated heterocycles. The van der Waals surface area contributed by atoms with Crippen LogP contribution in [0.3, 0.4) is 0 Å². The van der Waals surface area contributed by atoms with Crippen LogP contribution >= 0.6 is 0 Å². The van der Waals surface area contributed by atoms with Crippen LogP contribution in [0, 0.1) is 13.8 Å². The van der Waals surface area contributed by atoms with Crippen molar-refractivity contribution in [3.05, 3.63) is 41.7 Å². The lowest BCUT2D eigenvalue weighted by molar-refractivity contribution is 0.111. The van der Waals surface area contributed by atoms with E-state index >= 15 is 0 Å². The van der Waals surface area contributed by atoms with Crippen molar-refractivity contribution in [2.45, 2.75) is 13.8 Å². The van der Waals surface area contributed by atoms with Gasteiger partial charge < -0.3 is 4.42 Å². The van der Waals surface area contributed by atoms with Gasteiger partial charge in [-0.05, 0) is 25.1 Å². The van der Waals surface area contributed by atoms with E-state index < -0.39 is 0 Å². The second-order valence-corrected chi connectivity index (χ2v) is 4.29. The van der Waals surface area contributed by atoms with Gasteiger partial charge in [0.2, 0.25) is 0 Å². The molecule has 3 rings (SSSR count). The first kappa shape index (κ1) is 11.5. The van der Waals surface area contributed by atoms with E-state index in [9.17, 15) is 4.79 Å². The first-order chi connectivity index (χ1) is 9.15. The molecule has 0 atom stereocenters. The van der Waals surface area contributed by atoms with Crippen LogP contribution in [0.25, 0.3) is 22.4 Å². The zero-order valence-electron chi connectivity index (χ0n) is 10.5. The lowest BCUT2D eigenvalue weighted by Gasteiger charge is -2.02.